The fraction of sp³-hybridized carbons (Fsp3) is 0.625. The standard InChI is InChI=1S/C16H23S/c1-4-7-12-10-16-15(14(12)9-6-3)11-13(17-16)8-5-2/h10,16H,4-9H2,1-3H3. The molecule has 1 heterocycles. The maximum absolute atomic E-state index is 3.68. The zero-order chi connectivity index (χ0) is 12.3. The second kappa shape index (κ2) is 5.95. The van der Waals surface area contributed by atoms with Gasteiger partial charge in [-0.3, -0.25) is 0 Å². The quantitative estimate of drug-likeness (QED) is 0.603. The van der Waals surface area contributed by atoms with Crippen LogP contribution in [0.4, 0.5) is 0 Å². The first-order chi connectivity index (χ1) is 8.30. The Hall–Kier alpha value is -0.430. The third kappa shape index (κ3) is 2.70. The average molecular weight is 247 g/mol. The van der Waals surface area contributed by atoms with Crippen molar-refractivity contribution in [1.29, 1.82) is 0 Å². The van der Waals surface area contributed by atoms with E-state index in [0.29, 0.717) is 5.25 Å². The molecule has 0 amide bonds. The highest BCUT2D eigenvalue weighted by atomic mass is 32.2. The van der Waals surface area contributed by atoms with Gasteiger partial charge >= 0.3 is 0 Å². The molecule has 2 aliphatic rings. The summed E-state index contributed by atoms with van der Waals surface area (Å²) in [5.41, 5.74) is 4.76. The van der Waals surface area contributed by atoms with Crippen molar-refractivity contribution in [3.8, 4) is 0 Å². The Morgan fingerprint density at radius 3 is 2.41 bits per heavy atom. The van der Waals surface area contributed by atoms with Crippen molar-refractivity contribution in [2.75, 3.05) is 0 Å². The number of rotatable bonds is 6. The van der Waals surface area contributed by atoms with Gasteiger partial charge in [0.25, 0.3) is 0 Å². The summed E-state index contributed by atoms with van der Waals surface area (Å²) in [7, 11) is 0. The number of thioether (sulfide) groups is 1. The number of allylic oxidation sites excluding steroid dienone is 4. The Balaban J connectivity index is 2.20. The van der Waals surface area contributed by atoms with E-state index in [4.69, 9.17) is 0 Å². The Kier molecular flexibility index (Phi) is 4.55. The van der Waals surface area contributed by atoms with Crippen molar-refractivity contribution in [1.82, 2.24) is 0 Å². The Bertz CT molecular complexity index is 371. The van der Waals surface area contributed by atoms with Crippen LogP contribution in [0.5, 0.6) is 0 Å². The summed E-state index contributed by atoms with van der Waals surface area (Å²) in [6, 6.07) is 0. The number of hydrogen-bond acceptors (Lipinski definition) is 1. The van der Waals surface area contributed by atoms with E-state index in [1.54, 1.807) is 11.1 Å². The molecular weight excluding hydrogens is 224 g/mol. The molecule has 0 bridgehead atoms. The van der Waals surface area contributed by atoms with Crippen LogP contribution in [0.2, 0.25) is 0 Å². The van der Waals surface area contributed by atoms with Crippen LogP contribution in [0, 0.1) is 6.08 Å². The maximum atomic E-state index is 3.68. The highest BCUT2D eigenvalue weighted by Crippen LogP contribution is 2.47. The predicted octanol–water partition coefficient (Wildman–Crippen LogP) is 5.43. The topological polar surface area (TPSA) is 0 Å². The first kappa shape index (κ1) is 13.0. The van der Waals surface area contributed by atoms with Gasteiger partial charge in [-0.15, -0.1) is 11.8 Å². The van der Waals surface area contributed by atoms with Crippen molar-refractivity contribution in [3.05, 3.63) is 33.8 Å². The fourth-order valence-electron chi connectivity index (χ4n) is 2.68. The van der Waals surface area contributed by atoms with Gasteiger partial charge in [-0.1, -0.05) is 46.1 Å². The molecule has 0 aromatic heterocycles. The van der Waals surface area contributed by atoms with Crippen LogP contribution in [-0.2, 0) is 0 Å². The molecule has 1 aliphatic heterocycles. The van der Waals surface area contributed by atoms with E-state index in [2.05, 4.69) is 32.9 Å². The van der Waals surface area contributed by atoms with Crippen molar-refractivity contribution in [3.63, 3.8) is 0 Å². The first-order valence-electron chi connectivity index (χ1n) is 7.03. The van der Waals surface area contributed by atoms with Gasteiger partial charge in [-0.25, -0.2) is 0 Å². The molecule has 1 heteroatoms. The molecule has 1 unspecified atom stereocenters. The van der Waals surface area contributed by atoms with Gasteiger partial charge in [0.15, 0.2) is 0 Å². The van der Waals surface area contributed by atoms with E-state index < -0.39 is 0 Å². The highest BCUT2D eigenvalue weighted by molar-refractivity contribution is 8.04. The minimum absolute atomic E-state index is 0.611. The fourth-order valence-corrected chi connectivity index (χ4v) is 4.03. The van der Waals surface area contributed by atoms with E-state index in [1.807, 2.05) is 11.8 Å². The molecule has 0 nitrogen and oxygen atoms in total. The summed E-state index contributed by atoms with van der Waals surface area (Å²) >= 11 is 2.04. The minimum Gasteiger partial charge on any atom is -0.117 e. The molecule has 1 atom stereocenters. The van der Waals surface area contributed by atoms with Crippen LogP contribution in [0.3, 0.4) is 0 Å². The summed E-state index contributed by atoms with van der Waals surface area (Å²) < 4.78 is 0. The van der Waals surface area contributed by atoms with E-state index in [0.717, 1.165) is 0 Å². The van der Waals surface area contributed by atoms with Gasteiger partial charge in [-0.05, 0) is 47.0 Å². The molecule has 0 spiro atoms. The zero-order valence-corrected chi connectivity index (χ0v) is 12.1. The predicted molar refractivity (Wildman–Crippen MR) is 78.0 cm³/mol. The van der Waals surface area contributed by atoms with Crippen LogP contribution >= 0.6 is 11.8 Å². The van der Waals surface area contributed by atoms with Gasteiger partial charge in [0.05, 0.1) is 5.25 Å². The molecule has 0 saturated carbocycles. The maximum Gasteiger partial charge on any atom is 0.0536 e. The van der Waals surface area contributed by atoms with Crippen molar-refractivity contribution >= 4 is 11.8 Å². The molecule has 0 N–H and O–H groups in total. The Morgan fingerprint density at radius 2 is 1.76 bits per heavy atom. The smallest absolute Gasteiger partial charge is 0.0536 e. The van der Waals surface area contributed by atoms with Gasteiger partial charge in [0.2, 0.25) is 0 Å². The lowest BCUT2D eigenvalue weighted by Crippen LogP contribution is -1.92. The molecule has 2 rings (SSSR count). The van der Waals surface area contributed by atoms with E-state index in [9.17, 15) is 0 Å². The monoisotopic (exact) mass is 247 g/mol. The van der Waals surface area contributed by atoms with E-state index >= 15 is 0 Å². The molecule has 0 saturated heterocycles. The van der Waals surface area contributed by atoms with Crippen LogP contribution in [0.1, 0.15) is 59.3 Å². The Labute approximate surface area is 110 Å². The summed E-state index contributed by atoms with van der Waals surface area (Å²) in [4.78, 5) is 1.48. The lowest BCUT2D eigenvalue weighted by Gasteiger charge is -2.07. The van der Waals surface area contributed by atoms with Crippen LogP contribution in [0.15, 0.2) is 27.7 Å². The average Bonchev–Trinajstić information content (AvgIpc) is 2.80. The van der Waals surface area contributed by atoms with E-state index in [1.165, 1.54) is 49.0 Å². The number of hydrogen-bond donors (Lipinski definition) is 0. The zero-order valence-electron chi connectivity index (χ0n) is 11.3. The van der Waals surface area contributed by atoms with Crippen LogP contribution in [0.25, 0.3) is 0 Å². The second-order valence-corrected chi connectivity index (χ2v) is 6.16. The van der Waals surface area contributed by atoms with Crippen LogP contribution < -0.4 is 0 Å². The molecule has 0 aromatic rings. The molecular formula is C16H23S. The molecule has 0 aromatic carbocycles. The Morgan fingerprint density at radius 1 is 1.06 bits per heavy atom. The van der Waals surface area contributed by atoms with Gasteiger partial charge in [0, 0.05) is 0 Å². The normalized spacial score (nSPS) is 22.9. The van der Waals surface area contributed by atoms with Crippen LogP contribution in [-0.4, -0.2) is 5.25 Å². The largest absolute Gasteiger partial charge is 0.117 e. The molecule has 0 fully saturated rings. The van der Waals surface area contributed by atoms with Gasteiger partial charge < -0.3 is 0 Å². The van der Waals surface area contributed by atoms with Crippen molar-refractivity contribution in [2.45, 2.75) is 64.5 Å². The lowest BCUT2D eigenvalue weighted by molar-refractivity contribution is 0.854. The summed E-state index contributed by atoms with van der Waals surface area (Å²) in [6.45, 7) is 6.81. The van der Waals surface area contributed by atoms with Gasteiger partial charge in [0.1, 0.15) is 0 Å². The SMILES string of the molecule is CCCC1=[C]C2=C(CCC)C(CCC)=CC2S1. The third-order valence-corrected chi connectivity index (χ3v) is 4.61. The third-order valence-electron chi connectivity index (χ3n) is 3.39. The minimum atomic E-state index is 0.611. The lowest BCUT2D eigenvalue weighted by atomic mass is 9.97. The highest BCUT2D eigenvalue weighted by Gasteiger charge is 2.30. The summed E-state index contributed by atoms with van der Waals surface area (Å²) in [5, 5.41) is 0.611. The van der Waals surface area contributed by atoms with Crippen molar-refractivity contribution < 1.29 is 0 Å². The second-order valence-electron chi connectivity index (χ2n) is 4.92. The molecule has 93 valence electrons. The molecule has 1 radical (unpaired) electrons. The van der Waals surface area contributed by atoms with E-state index in [-0.39, 0.29) is 0 Å². The first-order valence-corrected chi connectivity index (χ1v) is 7.91. The van der Waals surface area contributed by atoms with Gasteiger partial charge in [-0.2, -0.15) is 0 Å². The summed E-state index contributed by atoms with van der Waals surface area (Å²) in [6.07, 6.45) is 13.6. The molecule has 17 heavy (non-hydrogen) atoms. The summed E-state index contributed by atoms with van der Waals surface area (Å²) in [5.74, 6) is 0. The number of fused-ring (bicyclic) bond motifs is 1. The van der Waals surface area contributed by atoms with Crippen molar-refractivity contribution in [2.24, 2.45) is 0 Å². The molecule has 1 aliphatic carbocycles.